The molecule has 0 aliphatic carbocycles. The molecular weight excluding hydrogens is 430 g/mol. The largest absolute Gasteiger partial charge is 0.347 e. The Kier molecular flexibility index (Phi) is 5.68. The smallest absolute Gasteiger partial charge is 0.0487 e. The fourth-order valence-electron chi connectivity index (χ4n) is 5.24. The SMILES string of the molecule is CCCCCCn1cc(-c2sc(-c3cccc4ccccc34)c3ccccc23)c2ccccc21. The highest BCUT2D eigenvalue weighted by Crippen LogP contribution is 2.47. The summed E-state index contributed by atoms with van der Waals surface area (Å²) in [6.07, 6.45) is 7.53. The lowest BCUT2D eigenvalue weighted by molar-refractivity contribution is 0.594. The number of aryl methyl sites for hydroxylation is 1. The van der Waals surface area contributed by atoms with Crippen LogP contribution in [0.25, 0.3) is 53.3 Å². The van der Waals surface area contributed by atoms with Gasteiger partial charge in [-0.2, -0.15) is 0 Å². The third kappa shape index (κ3) is 3.63. The number of benzene rings is 4. The fraction of sp³-hybridized carbons (Fsp3) is 0.188. The molecule has 2 heterocycles. The molecule has 0 atom stereocenters. The molecule has 0 unspecified atom stereocenters. The van der Waals surface area contributed by atoms with Gasteiger partial charge in [0.1, 0.15) is 0 Å². The molecule has 6 rings (SSSR count). The van der Waals surface area contributed by atoms with Gasteiger partial charge in [-0.25, -0.2) is 0 Å². The van der Waals surface area contributed by atoms with Crippen molar-refractivity contribution in [1.29, 1.82) is 0 Å². The summed E-state index contributed by atoms with van der Waals surface area (Å²) >= 11 is 1.94. The van der Waals surface area contributed by atoms with Crippen LogP contribution in [0.15, 0.2) is 97.2 Å². The minimum Gasteiger partial charge on any atom is -0.347 e. The summed E-state index contributed by atoms with van der Waals surface area (Å²) in [5.41, 5.74) is 4.03. The fourth-order valence-corrected chi connectivity index (χ4v) is 6.58. The zero-order chi connectivity index (χ0) is 22.9. The van der Waals surface area contributed by atoms with E-state index in [1.54, 1.807) is 0 Å². The van der Waals surface area contributed by atoms with Crippen molar-refractivity contribution >= 4 is 43.8 Å². The van der Waals surface area contributed by atoms with Crippen LogP contribution in [-0.2, 0) is 6.54 Å². The summed E-state index contributed by atoms with van der Waals surface area (Å²) in [6.45, 7) is 3.36. The highest BCUT2D eigenvalue weighted by molar-refractivity contribution is 7.21. The van der Waals surface area contributed by atoms with Gasteiger partial charge in [-0.1, -0.05) is 111 Å². The molecule has 0 aliphatic rings. The van der Waals surface area contributed by atoms with E-state index < -0.39 is 0 Å². The second kappa shape index (κ2) is 9.12. The summed E-state index contributed by atoms with van der Waals surface area (Å²) in [7, 11) is 0. The Morgan fingerprint density at radius 1 is 0.588 bits per heavy atom. The number of hydrogen-bond acceptors (Lipinski definition) is 1. The first-order valence-electron chi connectivity index (χ1n) is 12.4. The van der Waals surface area contributed by atoms with Crippen LogP contribution in [-0.4, -0.2) is 4.57 Å². The molecule has 0 amide bonds. The first kappa shape index (κ1) is 21.2. The van der Waals surface area contributed by atoms with E-state index in [2.05, 4.69) is 109 Å². The number of unbranched alkanes of at least 4 members (excludes halogenated alkanes) is 3. The van der Waals surface area contributed by atoms with Crippen LogP contribution in [0.5, 0.6) is 0 Å². The van der Waals surface area contributed by atoms with Crippen molar-refractivity contribution in [3.05, 3.63) is 97.2 Å². The Morgan fingerprint density at radius 3 is 2.03 bits per heavy atom. The average molecular weight is 460 g/mol. The van der Waals surface area contributed by atoms with Crippen molar-refractivity contribution < 1.29 is 0 Å². The molecule has 0 saturated carbocycles. The molecular formula is C32H29NS. The molecule has 2 heteroatoms. The molecule has 0 fully saturated rings. The Morgan fingerprint density at radius 2 is 1.24 bits per heavy atom. The number of fused-ring (bicyclic) bond motifs is 3. The monoisotopic (exact) mass is 459 g/mol. The van der Waals surface area contributed by atoms with Crippen LogP contribution < -0.4 is 0 Å². The predicted molar refractivity (Wildman–Crippen MR) is 150 cm³/mol. The maximum Gasteiger partial charge on any atom is 0.0487 e. The van der Waals surface area contributed by atoms with E-state index in [9.17, 15) is 0 Å². The molecule has 34 heavy (non-hydrogen) atoms. The molecule has 0 spiro atoms. The Hall–Kier alpha value is -3.36. The number of rotatable bonds is 7. The van der Waals surface area contributed by atoms with E-state index in [1.165, 1.54) is 79.0 Å². The van der Waals surface area contributed by atoms with Gasteiger partial charge in [-0.3, -0.25) is 0 Å². The van der Waals surface area contributed by atoms with Crippen molar-refractivity contribution in [3.8, 4) is 20.9 Å². The van der Waals surface area contributed by atoms with Crippen molar-refractivity contribution in [2.75, 3.05) is 0 Å². The van der Waals surface area contributed by atoms with E-state index in [4.69, 9.17) is 0 Å². The predicted octanol–water partition coefficient (Wildman–Crippen LogP) is 9.92. The van der Waals surface area contributed by atoms with Gasteiger partial charge in [-0.05, 0) is 23.3 Å². The van der Waals surface area contributed by atoms with Gasteiger partial charge in [0.05, 0.1) is 0 Å². The summed E-state index contributed by atoms with van der Waals surface area (Å²) in [5.74, 6) is 0. The molecule has 0 N–H and O–H groups in total. The quantitative estimate of drug-likeness (QED) is 0.209. The lowest BCUT2D eigenvalue weighted by atomic mass is 10.00. The highest BCUT2D eigenvalue weighted by atomic mass is 32.1. The van der Waals surface area contributed by atoms with E-state index in [-0.39, 0.29) is 0 Å². The van der Waals surface area contributed by atoms with E-state index in [0.29, 0.717) is 0 Å². The summed E-state index contributed by atoms with van der Waals surface area (Å²) in [6, 6.07) is 33.3. The van der Waals surface area contributed by atoms with Gasteiger partial charge < -0.3 is 4.57 Å². The van der Waals surface area contributed by atoms with Gasteiger partial charge in [-0.15, -0.1) is 11.3 Å². The van der Waals surface area contributed by atoms with Crippen LogP contribution in [0.2, 0.25) is 0 Å². The molecule has 2 aromatic heterocycles. The maximum absolute atomic E-state index is 2.48. The lowest BCUT2D eigenvalue weighted by Gasteiger charge is -2.05. The van der Waals surface area contributed by atoms with Gasteiger partial charge in [0.25, 0.3) is 0 Å². The second-order valence-corrected chi connectivity index (χ2v) is 10.2. The highest BCUT2D eigenvalue weighted by Gasteiger charge is 2.19. The number of hydrogen-bond donors (Lipinski definition) is 0. The minimum absolute atomic E-state index is 1.08. The lowest BCUT2D eigenvalue weighted by Crippen LogP contribution is -1.95. The zero-order valence-corrected chi connectivity index (χ0v) is 20.4. The molecule has 4 aromatic carbocycles. The van der Waals surface area contributed by atoms with Crippen LogP contribution in [0.1, 0.15) is 32.6 Å². The van der Waals surface area contributed by atoms with Crippen LogP contribution >= 0.6 is 11.3 Å². The number of aromatic nitrogens is 1. The van der Waals surface area contributed by atoms with Gasteiger partial charge in [0.15, 0.2) is 0 Å². The third-order valence-electron chi connectivity index (χ3n) is 6.94. The molecule has 0 saturated heterocycles. The number of para-hydroxylation sites is 1. The number of nitrogens with zero attached hydrogens (tertiary/aromatic N) is 1. The first-order chi connectivity index (χ1) is 16.8. The first-order valence-corrected chi connectivity index (χ1v) is 13.2. The van der Waals surface area contributed by atoms with Crippen molar-refractivity contribution in [1.82, 2.24) is 4.57 Å². The van der Waals surface area contributed by atoms with Gasteiger partial charge in [0, 0.05) is 55.3 Å². The van der Waals surface area contributed by atoms with E-state index in [1.807, 2.05) is 11.3 Å². The maximum atomic E-state index is 2.48. The molecule has 1 nitrogen and oxygen atoms in total. The van der Waals surface area contributed by atoms with E-state index >= 15 is 0 Å². The molecule has 0 radical (unpaired) electrons. The zero-order valence-electron chi connectivity index (χ0n) is 19.6. The minimum atomic E-state index is 1.08. The molecule has 6 aromatic rings. The summed E-state index contributed by atoms with van der Waals surface area (Å²) in [5, 5.41) is 6.67. The summed E-state index contributed by atoms with van der Waals surface area (Å²) < 4.78 is 2.48. The topological polar surface area (TPSA) is 4.93 Å². The van der Waals surface area contributed by atoms with Crippen molar-refractivity contribution in [3.63, 3.8) is 0 Å². The van der Waals surface area contributed by atoms with E-state index in [0.717, 1.165) is 6.54 Å². The summed E-state index contributed by atoms with van der Waals surface area (Å²) in [4.78, 5) is 2.74. The standard InChI is InChI=1S/C32H29NS/c1-2-3-4-11-21-33-22-29(25-16-9-10-20-30(25)33)32-28-18-8-7-17-27(28)31(34-32)26-19-12-14-23-13-5-6-15-24(23)26/h5-10,12-20,22H,2-4,11,21H2,1H3. The van der Waals surface area contributed by atoms with Gasteiger partial charge in [0.2, 0.25) is 0 Å². The Balaban J connectivity index is 1.54. The van der Waals surface area contributed by atoms with Crippen LogP contribution in [0, 0.1) is 0 Å². The normalized spacial score (nSPS) is 11.7. The second-order valence-electron chi connectivity index (χ2n) is 9.15. The Labute approximate surface area is 205 Å². The third-order valence-corrected chi connectivity index (χ3v) is 8.23. The average Bonchev–Trinajstić information content (AvgIpc) is 3.45. The Bertz CT molecular complexity index is 1590. The van der Waals surface area contributed by atoms with Crippen LogP contribution in [0.3, 0.4) is 0 Å². The molecule has 168 valence electrons. The van der Waals surface area contributed by atoms with Crippen molar-refractivity contribution in [2.45, 2.75) is 39.2 Å². The molecule has 0 bridgehead atoms. The number of thiophene rings is 1. The van der Waals surface area contributed by atoms with Crippen LogP contribution in [0.4, 0.5) is 0 Å². The molecule has 0 aliphatic heterocycles. The van der Waals surface area contributed by atoms with Crippen molar-refractivity contribution in [2.24, 2.45) is 0 Å². The van der Waals surface area contributed by atoms with Gasteiger partial charge >= 0.3 is 0 Å².